The van der Waals surface area contributed by atoms with Gasteiger partial charge in [0.1, 0.15) is 0 Å². The Bertz CT molecular complexity index is 209. The summed E-state index contributed by atoms with van der Waals surface area (Å²) in [5.74, 6) is -0.762. The van der Waals surface area contributed by atoms with Crippen LogP contribution in [0.2, 0.25) is 11.6 Å². The summed E-state index contributed by atoms with van der Waals surface area (Å²) < 4.78 is 10.4. The summed E-state index contributed by atoms with van der Waals surface area (Å²) in [7, 11) is -2.67. The Kier molecular flexibility index (Phi) is 4.83. The molecule has 0 spiro atoms. The molecule has 82 valence electrons. The molecule has 0 amide bonds. The third kappa shape index (κ3) is 3.49. The second-order valence-corrected chi connectivity index (χ2v) is 7.40. The highest BCUT2D eigenvalue weighted by atomic mass is 28.4. The van der Waals surface area contributed by atoms with Crippen LogP contribution in [0.3, 0.4) is 0 Å². The summed E-state index contributed by atoms with van der Waals surface area (Å²) in [5.41, 5.74) is 0.0697. The molecule has 0 aromatic carbocycles. The zero-order valence-corrected chi connectivity index (χ0v) is 10.4. The van der Waals surface area contributed by atoms with Gasteiger partial charge in [-0.05, 0) is 0 Å². The minimum absolute atomic E-state index is 0.0697. The van der Waals surface area contributed by atoms with Crippen molar-refractivity contribution in [3.05, 3.63) is 0 Å². The van der Waals surface area contributed by atoms with Gasteiger partial charge in [-0.1, -0.05) is 20.8 Å². The van der Waals surface area contributed by atoms with Crippen LogP contribution in [-0.4, -0.2) is 20.5 Å². The average molecular weight is 218 g/mol. The number of hydrogen-bond acceptors (Lipinski definition) is 4. The van der Waals surface area contributed by atoms with E-state index in [0.717, 1.165) is 0 Å². The molecule has 0 saturated heterocycles. The van der Waals surface area contributed by atoms with E-state index in [-0.39, 0.29) is 17.5 Å². The third-order valence-electron chi connectivity index (χ3n) is 2.01. The Balaban J connectivity index is 4.77. The zero-order chi connectivity index (χ0) is 11.4. The Labute approximate surface area is 85.8 Å². The highest BCUT2D eigenvalue weighted by molar-refractivity contribution is 6.71. The number of carbonyl (C=O) groups excluding carboxylic acids is 2. The van der Waals surface area contributed by atoms with Crippen molar-refractivity contribution in [2.24, 2.45) is 0 Å². The Morgan fingerprint density at radius 2 is 1.50 bits per heavy atom. The summed E-state index contributed by atoms with van der Waals surface area (Å²) in [6, 6.07) is 0.587. The molecular formula is C9H18O4Si. The van der Waals surface area contributed by atoms with Crippen molar-refractivity contribution in [3.8, 4) is 0 Å². The van der Waals surface area contributed by atoms with E-state index >= 15 is 0 Å². The average Bonchev–Trinajstić information content (AvgIpc) is 2.00. The monoisotopic (exact) mass is 218 g/mol. The molecule has 0 heterocycles. The van der Waals surface area contributed by atoms with Gasteiger partial charge < -0.3 is 8.85 Å². The molecule has 5 heteroatoms. The molecule has 0 aromatic rings. The summed E-state index contributed by atoms with van der Waals surface area (Å²) >= 11 is 0. The van der Waals surface area contributed by atoms with E-state index in [2.05, 4.69) is 0 Å². The van der Waals surface area contributed by atoms with E-state index in [1.165, 1.54) is 13.8 Å². The Morgan fingerprint density at radius 1 is 1.14 bits per heavy atom. The van der Waals surface area contributed by atoms with Gasteiger partial charge in [-0.2, -0.15) is 0 Å². The van der Waals surface area contributed by atoms with Gasteiger partial charge in [-0.15, -0.1) is 0 Å². The molecule has 14 heavy (non-hydrogen) atoms. The van der Waals surface area contributed by atoms with Crippen LogP contribution >= 0.6 is 0 Å². The normalized spacial score (nSPS) is 11.3. The molecule has 0 atom stereocenters. The smallest absolute Gasteiger partial charge is 0.466 e. The van der Waals surface area contributed by atoms with E-state index in [1.54, 1.807) is 0 Å². The van der Waals surface area contributed by atoms with E-state index in [0.29, 0.717) is 6.04 Å². The van der Waals surface area contributed by atoms with Crippen molar-refractivity contribution in [2.75, 3.05) is 0 Å². The predicted molar refractivity (Wildman–Crippen MR) is 54.9 cm³/mol. The van der Waals surface area contributed by atoms with Crippen LogP contribution in [-0.2, 0) is 18.4 Å². The third-order valence-corrected chi connectivity index (χ3v) is 6.02. The van der Waals surface area contributed by atoms with Crippen molar-refractivity contribution < 1.29 is 18.4 Å². The SMILES string of the molecule is CC[Si](OC(C)=O)(OC(C)=O)C(C)C. The minimum Gasteiger partial charge on any atom is -0.485 e. The lowest BCUT2D eigenvalue weighted by Gasteiger charge is -2.30. The summed E-state index contributed by atoms with van der Waals surface area (Å²) in [6.45, 7) is 8.36. The summed E-state index contributed by atoms with van der Waals surface area (Å²) in [6.07, 6.45) is 0. The van der Waals surface area contributed by atoms with Crippen LogP contribution in [0, 0.1) is 0 Å². The Morgan fingerprint density at radius 3 is 1.64 bits per heavy atom. The Hall–Kier alpha value is -0.843. The maximum Gasteiger partial charge on any atom is 0.466 e. The maximum absolute atomic E-state index is 10.9. The standard InChI is InChI=1S/C9H18O4Si/c1-6-14(7(2)3,12-8(4)10)13-9(5)11/h7H,6H2,1-5H3. The van der Waals surface area contributed by atoms with Gasteiger partial charge in [0, 0.05) is 25.4 Å². The molecule has 0 aliphatic heterocycles. The first-order valence-corrected chi connectivity index (χ1v) is 6.83. The maximum atomic E-state index is 10.9. The molecule has 0 saturated carbocycles. The van der Waals surface area contributed by atoms with Gasteiger partial charge in [-0.25, -0.2) is 0 Å². The lowest BCUT2D eigenvalue weighted by molar-refractivity contribution is -0.139. The number of carbonyl (C=O) groups is 2. The minimum atomic E-state index is -2.67. The second-order valence-electron chi connectivity index (χ2n) is 3.51. The molecule has 0 fully saturated rings. The van der Waals surface area contributed by atoms with Gasteiger partial charge >= 0.3 is 8.56 Å². The van der Waals surface area contributed by atoms with E-state index in [1.807, 2.05) is 20.8 Å². The summed E-state index contributed by atoms with van der Waals surface area (Å²) in [5, 5.41) is 0. The predicted octanol–water partition coefficient (Wildman–Crippen LogP) is 1.98. The van der Waals surface area contributed by atoms with Crippen LogP contribution in [0.15, 0.2) is 0 Å². The first-order valence-electron chi connectivity index (χ1n) is 4.73. The molecule has 4 nitrogen and oxygen atoms in total. The fraction of sp³-hybridized carbons (Fsp3) is 0.778. The fourth-order valence-electron chi connectivity index (χ4n) is 1.30. The largest absolute Gasteiger partial charge is 0.485 e. The number of hydrogen-bond donors (Lipinski definition) is 0. The van der Waals surface area contributed by atoms with Crippen LogP contribution in [0.5, 0.6) is 0 Å². The van der Waals surface area contributed by atoms with Crippen molar-refractivity contribution >= 4 is 20.5 Å². The van der Waals surface area contributed by atoms with Crippen LogP contribution < -0.4 is 0 Å². The molecular weight excluding hydrogens is 200 g/mol. The molecule has 0 aromatic heterocycles. The summed E-state index contributed by atoms with van der Waals surface area (Å²) in [4.78, 5) is 21.9. The molecule has 0 bridgehead atoms. The number of rotatable bonds is 4. The van der Waals surface area contributed by atoms with Crippen molar-refractivity contribution in [3.63, 3.8) is 0 Å². The molecule has 0 N–H and O–H groups in total. The molecule has 0 rings (SSSR count). The topological polar surface area (TPSA) is 52.6 Å². The molecule has 0 unspecified atom stereocenters. The molecule has 0 aliphatic carbocycles. The highest BCUT2D eigenvalue weighted by Gasteiger charge is 2.45. The van der Waals surface area contributed by atoms with Gasteiger partial charge in [0.15, 0.2) is 0 Å². The molecule has 0 aliphatic rings. The van der Waals surface area contributed by atoms with Crippen LogP contribution in [0.1, 0.15) is 34.6 Å². The lowest BCUT2D eigenvalue weighted by atomic mass is 10.6. The zero-order valence-electron chi connectivity index (χ0n) is 9.42. The second kappa shape index (κ2) is 5.14. The van der Waals surface area contributed by atoms with Gasteiger partial charge in [0.05, 0.1) is 0 Å². The van der Waals surface area contributed by atoms with Crippen molar-refractivity contribution in [2.45, 2.75) is 46.2 Å². The van der Waals surface area contributed by atoms with E-state index < -0.39 is 8.56 Å². The van der Waals surface area contributed by atoms with Crippen LogP contribution in [0.4, 0.5) is 0 Å². The highest BCUT2D eigenvalue weighted by Crippen LogP contribution is 2.27. The van der Waals surface area contributed by atoms with Crippen molar-refractivity contribution in [1.29, 1.82) is 0 Å². The molecule has 0 radical (unpaired) electrons. The van der Waals surface area contributed by atoms with Gasteiger partial charge in [0.25, 0.3) is 11.9 Å². The van der Waals surface area contributed by atoms with Crippen LogP contribution in [0.25, 0.3) is 0 Å². The lowest BCUT2D eigenvalue weighted by Crippen LogP contribution is -2.47. The first kappa shape index (κ1) is 13.2. The van der Waals surface area contributed by atoms with E-state index in [9.17, 15) is 9.59 Å². The fourth-order valence-corrected chi connectivity index (χ4v) is 3.89. The van der Waals surface area contributed by atoms with Gasteiger partial charge in [-0.3, -0.25) is 9.59 Å². The quantitative estimate of drug-likeness (QED) is 0.677. The first-order chi connectivity index (χ1) is 6.34. The van der Waals surface area contributed by atoms with Crippen molar-refractivity contribution in [1.82, 2.24) is 0 Å². The van der Waals surface area contributed by atoms with E-state index in [4.69, 9.17) is 8.85 Å². The van der Waals surface area contributed by atoms with Gasteiger partial charge in [0.2, 0.25) is 0 Å².